The van der Waals surface area contributed by atoms with Gasteiger partial charge in [0.2, 0.25) is 5.91 Å². The number of ether oxygens (including phenoxy) is 1. The molecule has 0 aromatic carbocycles. The van der Waals surface area contributed by atoms with Crippen LogP contribution >= 0.6 is 0 Å². The van der Waals surface area contributed by atoms with Crippen LogP contribution in [0.1, 0.15) is 373 Å². The van der Waals surface area contributed by atoms with Gasteiger partial charge in [0.1, 0.15) is 0 Å². The minimum absolute atomic E-state index is 0.00123. The number of carbonyl (C=O) groups excluding carboxylic acids is 2. The third kappa shape index (κ3) is 61.3. The number of nitrogens with one attached hydrogen (secondary N) is 1. The second-order valence-corrected chi connectivity index (χ2v) is 23.5. The molecule has 0 aliphatic heterocycles. The summed E-state index contributed by atoms with van der Waals surface area (Å²) >= 11 is 0. The first-order valence-corrected chi connectivity index (χ1v) is 34.3. The molecule has 0 aromatic rings. The van der Waals surface area contributed by atoms with Crippen LogP contribution in [-0.2, 0) is 14.3 Å². The maximum absolute atomic E-state index is 12.5. The Morgan fingerprint density at radius 2 is 0.618 bits per heavy atom. The third-order valence-corrected chi connectivity index (χ3v) is 15.9. The van der Waals surface area contributed by atoms with Gasteiger partial charge in [0.05, 0.1) is 25.4 Å². The summed E-state index contributed by atoms with van der Waals surface area (Å²) in [5, 5.41) is 23.3. The van der Waals surface area contributed by atoms with Gasteiger partial charge in [-0.15, -0.1) is 0 Å². The summed E-state index contributed by atoms with van der Waals surface area (Å²) in [5.74, 6) is -0.0735. The van der Waals surface area contributed by atoms with Crippen molar-refractivity contribution in [2.24, 2.45) is 0 Å². The Bertz CT molecular complexity index is 1230. The number of aliphatic hydroxyl groups excluding tert-OH is 2. The Labute approximate surface area is 474 Å². The number of unbranched alkanes of at least 4 members (excludes halogenated alkanes) is 49. The summed E-state index contributed by atoms with van der Waals surface area (Å²) in [6.45, 7) is 4.91. The van der Waals surface area contributed by atoms with Crippen LogP contribution in [0.2, 0.25) is 0 Å². The molecule has 0 bridgehead atoms. The molecule has 0 fully saturated rings. The first-order valence-electron chi connectivity index (χ1n) is 34.3. The van der Waals surface area contributed by atoms with Crippen LogP contribution in [0.5, 0.6) is 0 Å². The van der Waals surface area contributed by atoms with Crippen molar-refractivity contribution in [3.8, 4) is 0 Å². The maximum atomic E-state index is 12.5. The lowest BCUT2D eigenvalue weighted by atomic mass is 10.0. The highest BCUT2D eigenvalue weighted by molar-refractivity contribution is 5.76. The molecule has 3 N–H and O–H groups in total. The lowest BCUT2D eigenvalue weighted by molar-refractivity contribution is -0.143. The van der Waals surface area contributed by atoms with Crippen LogP contribution in [0.4, 0.5) is 0 Å². The smallest absolute Gasteiger partial charge is 0.305 e. The lowest BCUT2D eigenvalue weighted by Crippen LogP contribution is -2.45. The summed E-state index contributed by atoms with van der Waals surface area (Å²) < 4.78 is 5.47. The van der Waals surface area contributed by atoms with Gasteiger partial charge in [-0.1, -0.05) is 314 Å². The van der Waals surface area contributed by atoms with Crippen molar-refractivity contribution in [3.63, 3.8) is 0 Å². The van der Waals surface area contributed by atoms with Gasteiger partial charge in [-0.05, 0) is 83.5 Å². The zero-order valence-corrected chi connectivity index (χ0v) is 51.3. The zero-order valence-electron chi connectivity index (χ0n) is 51.3. The predicted molar refractivity (Wildman–Crippen MR) is 333 cm³/mol. The predicted octanol–water partition coefficient (Wildman–Crippen LogP) is 21.9. The van der Waals surface area contributed by atoms with Crippen molar-refractivity contribution in [1.29, 1.82) is 0 Å². The van der Waals surface area contributed by atoms with E-state index in [-0.39, 0.29) is 18.5 Å². The Morgan fingerprint density at radius 3 is 0.947 bits per heavy atom. The van der Waals surface area contributed by atoms with Crippen LogP contribution in [-0.4, -0.2) is 47.4 Å². The number of esters is 1. The molecule has 2 atom stereocenters. The highest BCUT2D eigenvalue weighted by atomic mass is 16.5. The van der Waals surface area contributed by atoms with Gasteiger partial charge in [0.25, 0.3) is 0 Å². The SMILES string of the molecule is CCCCCC/C=C\CCCCCCCC(=O)OCCCCCCCCCCCC/C=C\CCCCCCCCCC(=O)NC(CO)C(O)/C=C/CCCCCCCCCCCCCCCCCCCCCCCCC. The number of hydrogen-bond acceptors (Lipinski definition) is 5. The van der Waals surface area contributed by atoms with Crippen LogP contribution < -0.4 is 5.32 Å². The number of rotatable bonds is 64. The summed E-state index contributed by atoms with van der Waals surface area (Å²) in [7, 11) is 0. The molecule has 0 aliphatic carbocycles. The highest BCUT2D eigenvalue weighted by Crippen LogP contribution is 2.18. The molecule has 0 radical (unpaired) electrons. The quantitative estimate of drug-likeness (QED) is 0.0320. The van der Waals surface area contributed by atoms with E-state index in [1.54, 1.807) is 6.08 Å². The van der Waals surface area contributed by atoms with E-state index >= 15 is 0 Å². The summed E-state index contributed by atoms with van der Waals surface area (Å²) in [6, 6.07) is -0.636. The van der Waals surface area contributed by atoms with Gasteiger partial charge < -0.3 is 20.3 Å². The Balaban J connectivity index is 3.46. The molecule has 0 saturated heterocycles. The molecule has 0 aliphatic rings. The Morgan fingerprint density at radius 1 is 0.355 bits per heavy atom. The van der Waals surface area contributed by atoms with Gasteiger partial charge >= 0.3 is 5.97 Å². The average Bonchev–Trinajstić information content (AvgIpc) is 3.42. The van der Waals surface area contributed by atoms with Gasteiger partial charge in [0.15, 0.2) is 0 Å². The molecule has 448 valence electrons. The number of amides is 1. The Kier molecular flexibility index (Phi) is 63.9. The van der Waals surface area contributed by atoms with E-state index in [1.165, 1.54) is 295 Å². The van der Waals surface area contributed by atoms with Gasteiger partial charge in [-0.3, -0.25) is 9.59 Å². The van der Waals surface area contributed by atoms with E-state index in [2.05, 4.69) is 43.5 Å². The van der Waals surface area contributed by atoms with E-state index < -0.39 is 12.1 Å². The highest BCUT2D eigenvalue weighted by Gasteiger charge is 2.18. The fourth-order valence-corrected chi connectivity index (χ4v) is 10.6. The molecule has 1 amide bonds. The monoisotopic (exact) mass is 1070 g/mol. The lowest BCUT2D eigenvalue weighted by Gasteiger charge is -2.20. The van der Waals surface area contributed by atoms with E-state index in [9.17, 15) is 19.8 Å². The fourth-order valence-electron chi connectivity index (χ4n) is 10.6. The molecule has 0 rings (SSSR count). The largest absolute Gasteiger partial charge is 0.466 e. The molecular weight excluding hydrogens is 935 g/mol. The molecule has 0 spiro atoms. The molecule has 0 heterocycles. The molecule has 6 heteroatoms. The first-order chi connectivity index (χ1) is 37.5. The molecule has 0 saturated carbocycles. The molecule has 2 unspecified atom stereocenters. The number of hydrogen-bond donors (Lipinski definition) is 3. The molecule has 76 heavy (non-hydrogen) atoms. The first kappa shape index (κ1) is 74.1. The second kappa shape index (κ2) is 65.6. The molecule has 6 nitrogen and oxygen atoms in total. The van der Waals surface area contributed by atoms with Crippen LogP contribution in [0.3, 0.4) is 0 Å². The minimum Gasteiger partial charge on any atom is -0.466 e. The summed E-state index contributed by atoms with van der Waals surface area (Å²) in [5.41, 5.74) is 0. The van der Waals surface area contributed by atoms with E-state index in [4.69, 9.17) is 4.74 Å². The minimum atomic E-state index is -0.851. The molecular formula is C70H133NO5. The molecule has 0 aromatic heterocycles. The third-order valence-electron chi connectivity index (χ3n) is 15.9. The average molecular weight is 1070 g/mol. The van der Waals surface area contributed by atoms with E-state index in [0.29, 0.717) is 19.4 Å². The van der Waals surface area contributed by atoms with Gasteiger partial charge in [0, 0.05) is 12.8 Å². The topological polar surface area (TPSA) is 95.9 Å². The second-order valence-electron chi connectivity index (χ2n) is 23.5. The fraction of sp³-hybridized carbons (Fsp3) is 0.886. The van der Waals surface area contributed by atoms with Crippen molar-refractivity contribution in [1.82, 2.24) is 5.32 Å². The Hall–Kier alpha value is -1.92. The normalized spacial score (nSPS) is 12.7. The summed E-state index contributed by atoms with van der Waals surface area (Å²) in [6.07, 6.45) is 83.5. The zero-order chi connectivity index (χ0) is 55.0. The van der Waals surface area contributed by atoms with Crippen LogP contribution in [0.15, 0.2) is 36.5 Å². The van der Waals surface area contributed by atoms with Crippen molar-refractivity contribution >= 4 is 11.9 Å². The summed E-state index contributed by atoms with van der Waals surface area (Å²) in [4.78, 5) is 24.6. The number of aliphatic hydroxyl groups is 2. The van der Waals surface area contributed by atoms with Crippen molar-refractivity contribution in [2.75, 3.05) is 13.2 Å². The number of carbonyl (C=O) groups is 2. The van der Waals surface area contributed by atoms with Gasteiger partial charge in [-0.25, -0.2) is 0 Å². The van der Waals surface area contributed by atoms with Crippen LogP contribution in [0, 0.1) is 0 Å². The van der Waals surface area contributed by atoms with Crippen LogP contribution in [0.25, 0.3) is 0 Å². The van der Waals surface area contributed by atoms with Gasteiger partial charge in [-0.2, -0.15) is 0 Å². The van der Waals surface area contributed by atoms with Crippen molar-refractivity contribution in [2.45, 2.75) is 386 Å². The maximum Gasteiger partial charge on any atom is 0.305 e. The van der Waals surface area contributed by atoms with Crippen molar-refractivity contribution < 1.29 is 24.5 Å². The van der Waals surface area contributed by atoms with Crippen molar-refractivity contribution in [3.05, 3.63) is 36.5 Å². The standard InChI is InChI=1S/C70H133NO5/c1-3-5-7-9-11-13-15-17-18-19-20-21-22-23-24-26-29-32-35-39-42-46-50-54-58-62-68(73)67(66-72)71-69(74)63-59-55-51-47-43-40-36-33-30-27-25-28-31-34-37-41-45-49-53-57-61-65-76-70(75)64-60-56-52-48-44-38-16-14-12-10-8-6-4-2/h14,16,27,30,58,62,67-68,72-73H,3-13,15,17-26,28-29,31-57,59-61,63-66H2,1-2H3,(H,71,74)/b16-14-,30-27-,62-58+. The number of allylic oxidation sites excluding steroid dienone is 5. The van der Waals surface area contributed by atoms with E-state index in [0.717, 1.165) is 51.4 Å². The van der Waals surface area contributed by atoms with E-state index in [1.807, 2.05) is 6.08 Å².